The maximum atomic E-state index is 5.62. The number of fused-ring (bicyclic) bond motifs is 1. The Labute approximate surface area is 84.3 Å². The molecule has 70 valence electrons. The molecule has 1 unspecified atom stereocenters. The zero-order valence-corrected chi connectivity index (χ0v) is 8.33. The molecule has 0 aromatic heterocycles. The molecular weight excluding hydrogens is 197 g/mol. The van der Waals surface area contributed by atoms with E-state index in [1.54, 1.807) is 0 Å². The number of nitrogens with zero attached hydrogens (tertiary/aromatic N) is 2. The van der Waals surface area contributed by atoms with E-state index in [1.807, 2.05) is 0 Å². The molecule has 0 aromatic carbocycles. The lowest BCUT2D eigenvalue weighted by Gasteiger charge is -2.17. The molecule has 1 heterocycles. The highest BCUT2D eigenvalue weighted by Crippen LogP contribution is 2.25. The molecule has 2 aliphatic rings. The molecule has 0 amide bonds. The standard InChI is InChI=1S/C7H11N3.2ClH/c8-7-5-3-1-2-4-6(5)9-10-7;;/h5H,1-4H2,(H2,8,10);2*1H. The summed E-state index contributed by atoms with van der Waals surface area (Å²) in [7, 11) is 0. The van der Waals surface area contributed by atoms with E-state index in [0.717, 1.165) is 18.7 Å². The zero-order chi connectivity index (χ0) is 6.97. The maximum absolute atomic E-state index is 5.62. The lowest BCUT2D eigenvalue weighted by molar-refractivity contribution is 0.617. The predicted octanol–water partition coefficient (Wildman–Crippen LogP) is 1.75. The van der Waals surface area contributed by atoms with Crippen LogP contribution < -0.4 is 5.73 Å². The number of halogens is 2. The quantitative estimate of drug-likeness (QED) is 0.650. The van der Waals surface area contributed by atoms with Crippen molar-refractivity contribution in [2.45, 2.75) is 25.7 Å². The minimum atomic E-state index is 0. The lowest BCUT2D eigenvalue weighted by Crippen LogP contribution is -2.28. The first-order valence-electron chi connectivity index (χ1n) is 3.78. The van der Waals surface area contributed by atoms with E-state index in [-0.39, 0.29) is 24.8 Å². The lowest BCUT2D eigenvalue weighted by atomic mass is 9.87. The summed E-state index contributed by atoms with van der Waals surface area (Å²) in [6, 6.07) is 0. The summed E-state index contributed by atoms with van der Waals surface area (Å²) in [5.74, 6) is 1.14. The Kier molecular flexibility index (Phi) is 4.57. The number of rotatable bonds is 0. The van der Waals surface area contributed by atoms with Gasteiger partial charge in [-0.2, -0.15) is 5.10 Å². The van der Waals surface area contributed by atoms with Crippen LogP contribution in [-0.2, 0) is 0 Å². The molecule has 3 nitrogen and oxygen atoms in total. The Morgan fingerprint density at radius 2 is 1.92 bits per heavy atom. The third kappa shape index (κ3) is 1.90. The van der Waals surface area contributed by atoms with Crippen LogP contribution in [0, 0.1) is 5.92 Å². The summed E-state index contributed by atoms with van der Waals surface area (Å²) >= 11 is 0. The summed E-state index contributed by atoms with van der Waals surface area (Å²) in [5.41, 5.74) is 6.84. The largest absolute Gasteiger partial charge is 0.385 e. The van der Waals surface area contributed by atoms with Crippen molar-refractivity contribution in [3.8, 4) is 0 Å². The van der Waals surface area contributed by atoms with Crippen molar-refractivity contribution >= 4 is 36.4 Å². The van der Waals surface area contributed by atoms with Gasteiger partial charge >= 0.3 is 0 Å². The summed E-state index contributed by atoms with van der Waals surface area (Å²) in [6.45, 7) is 0. The van der Waals surface area contributed by atoms with Gasteiger partial charge in [-0.25, -0.2) is 0 Å². The molecule has 2 rings (SSSR count). The monoisotopic (exact) mass is 209 g/mol. The predicted molar refractivity (Wildman–Crippen MR) is 55.5 cm³/mol. The minimum Gasteiger partial charge on any atom is -0.385 e. The first kappa shape index (κ1) is 11.7. The molecule has 5 heteroatoms. The topological polar surface area (TPSA) is 50.7 Å². The van der Waals surface area contributed by atoms with Gasteiger partial charge in [0, 0.05) is 0 Å². The normalized spacial score (nSPS) is 25.8. The van der Waals surface area contributed by atoms with Crippen LogP contribution in [0.2, 0.25) is 0 Å². The van der Waals surface area contributed by atoms with Gasteiger partial charge in [-0.15, -0.1) is 29.9 Å². The summed E-state index contributed by atoms with van der Waals surface area (Å²) in [6.07, 6.45) is 4.81. The van der Waals surface area contributed by atoms with Gasteiger partial charge in [0.2, 0.25) is 0 Å². The van der Waals surface area contributed by atoms with Crippen LogP contribution in [0.1, 0.15) is 25.7 Å². The molecule has 1 atom stereocenters. The fourth-order valence-corrected chi connectivity index (χ4v) is 1.63. The highest BCUT2D eigenvalue weighted by atomic mass is 35.5. The average molecular weight is 210 g/mol. The van der Waals surface area contributed by atoms with Gasteiger partial charge < -0.3 is 5.73 Å². The molecule has 2 N–H and O–H groups in total. The van der Waals surface area contributed by atoms with E-state index in [1.165, 1.54) is 18.6 Å². The van der Waals surface area contributed by atoms with E-state index < -0.39 is 0 Å². The Hall–Kier alpha value is -0.280. The van der Waals surface area contributed by atoms with Crippen molar-refractivity contribution in [2.24, 2.45) is 21.9 Å². The minimum absolute atomic E-state index is 0. The number of nitrogens with two attached hydrogens (primary N) is 1. The van der Waals surface area contributed by atoms with Crippen molar-refractivity contribution in [3.05, 3.63) is 0 Å². The smallest absolute Gasteiger partial charge is 0.131 e. The maximum Gasteiger partial charge on any atom is 0.131 e. The second-order valence-electron chi connectivity index (χ2n) is 2.91. The summed E-state index contributed by atoms with van der Waals surface area (Å²) < 4.78 is 0. The zero-order valence-electron chi connectivity index (χ0n) is 6.69. The molecule has 12 heavy (non-hydrogen) atoms. The van der Waals surface area contributed by atoms with Crippen LogP contribution in [-0.4, -0.2) is 11.5 Å². The fraction of sp³-hybridized carbons (Fsp3) is 0.714. The van der Waals surface area contributed by atoms with Gasteiger partial charge in [0.05, 0.1) is 11.6 Å². The van der Waals surface area contributed by atoms with E-state index in [2.05, 4.69) is 10.2 Å². The van der Waals surface area contributed by atoms with Crippen molar-refractivity contribution < 1.29 is 0 Å². The van der Waals surface area contributed by atoms with Crippen LogP contribution in [0.3, 0.4) is 0 Å². The fourth-order valence-electron chi connectivity index (χ4n) is 1.63. The second-order valence-corrected chi connectivity index (χ2v) is 2.91. The molecule has 1 aliphatic carbocycles. The molecule has 0 radical (unpaired) electrons. The first-order valence-corrected chi connectivity index (χ1v) is 3.78. The highest BCUT2D eigenvalue weighted by Gasteiger charge is 2.27. The number of hydrogen-bond acceptors (Lipinski definition) is 3. The van der Waals surface area contributed by atoms with Crippen LogP contribution in [0.5, 0.6) is 0 Å². The molecule has 0 aromatic rings. The van der Waals surface area contributed by atoms with Crippen molar-refractivity contribution in [3.63, 3.8) is 0 Å². The van der Waals surface area contributed by atoms with Gasteiger partial charge in [0.15, 0.2) is 0 Å². The van der Waals surface area contributed by atoms with Crippen LogP contribution >= 0.6 is 24.8 Å². The molecule has 1 saturated carbocycles. The van der Waals surface area contributed by atoms with E-state index in [9.17, 15) is 0 Å². The van der Waals surface area contributed by atoms with E-state index in [4.69, 9.17) is 5.73 Å². The van der Waals surface area contributed by atoms with Crippen molar-refractivity contribution in [2.75, 3.05) is 0 Å². The third-order valence-electron chi connectivity index (χ3n) is 2.23. The highest BCUT2D eigenvalue weighted by molar-refractivity contribution is 6.09. The van der Waals surface area contributed by atoms with Gasteiger partial charge in [0.25, 0.3) is 0 Å². The Morgan fingerprint density at radius 3 is 2.58 bits per heavy atom. The van der Waals surface area contributed by atoms with Crippen molar-refractivity contribution in [1.29, 1.82) is 0 Å². The molecule has 0 bridgehead atoms. The van der Waals surface area contributed by atoms with E-state index >= 15 is 0 Å². The molecular formula is C7H13Cl2N3. The molecule has 0 saturated heterocycles. The number of amidine groups is 1. The molecule has 0 spiro atoms. The van der Waals surface area contributed by atoms with Gasteiger partial charge in [-0.1, -0.05) is 6.42 Å². The van der Waals surface area contributed by atoms with Crippen molar-refractivity contribution in [1.82, 2.24) is 0 Å². The second kappa shape index (κ2) is 4.67. The van der Waals surface area contributed by atoms with E-state index in [0.29, 0.717) is 5.92 Å². The first-order chi connectivity index (χ1) is 4.88. The van der Waals surface area contributed by atoms with Crippen LogP contribution in [0.4, 0.5) is 0 Å². The van der Waals surface area contributed by atoms with Gasteiger partial charge in [-0.05, 0) is 19.3 Å². The Morgan fingerprint density at radius 1 is 1.17 bits per heavy atom. The van der Waals surface area contributed by atoms with Gasteiger partial charge in [0.1, 0.15) is 5.84 Å². The Bertz CT molecular complexity index is 213. The summed E-state index contributed by atoms with van der Waals surface area (Å²) in [4.78, 5) is 0. The SMILES string of the molecule is Cl.Cl.NC1=NN=C2CCCCC12. The van der Waals surface area contributed by atoms with Crippen LogP contribution in [0.25, 0.3) is 0 Å². The molecule has 1 fully saturated rings. The van der Waals surface area contributed by atoms with Gasteiger partial charge in [-0.3, -0.25) is 0 Å². The average Bonchev–Trinajstić information content (AvgIpc) is 2.34. The Balaban J connectivity index is 0.000000605. The summed E-state index contributed by atoms with van der Waals surface area (Å²) in [5, 5.41) is 7.88. The number of hydrogen-bond donors (Lipinski definition) is 1. The third-order valence-corrected chi connectivity index (χ3v) is 2.23. The molecule has 1 aliphatic heterocycles. The van der Waals surface area contributed by atoms with Crippen LogP contribution in [0.15, 0.2) is 10.2 Å².